The van der Waals surface area contributed by atoms with Gasteiger partial charge in [0.15, 0.2) is 0 Å². The summed E-state index contributed by atoms with van der Waals surface area (Å²) in [6.45, 7) is 8.04. The van der Waals surface area contributed by atoms with Gasteiger partial charge >= 0.3 is 0 Å². The number of benzene rings is 2. The Balaban J connectivity index is 1.64. The zero-order chi connectivity index (χ0) is 33.6. The maximum absolute atomic E-state index is 14.4. The van der Waals surface area contributed by atoms with Crippen LogP contribution in [0.3, 0.4) is 0 Å². The van der Waals surface area contributed by atoms with Gasteiger partial charge in [-0.05, 0) is 67.8 Å². The Morgan fingerprint density at radius 2 is 1.70 bits per heavy atom. The van der Waals surface area contributed by atoms with Crippen LogP contribution >= 0.6 is 0 Å². The van der Waals surface area contributed by atoms with Gasteiger partial charge in [-0.15, -0.1) is 0 Å². The van der Waals surface area contributed by atoms with Crippen molar-refractivity contribution in [2.24, 2.45) is 12.5 Å². The molecule has 248 valence electrons. The Hall–Kier alpha value is -4.32. The number of nitrogens with one attached hydrogen (secondary N) is 2. The number of ether oxygens (including phenoxy) is 1. The van der Waals surface area contributed by atoms with Crippen LogP contribution < -0.4 is 15.4 Å². The highest BCUT2D eigenvalue weighted by atomic mass is 19.1. The number of likely N-dealkylation sites (tertiary alicyclic amines) is 1. The molecule has 46 heavy (non-hydrogen) atoms. The fourth-order valence-electron chi connectivity index (χ4n) is 5.45. The van der Waals surface area contributed by atoms with Crippen molar-refractivity contribution in [3.05, 3.63) is 83.9 Å². The summed E-state index contributed by atoms with van der Waals surface area (Å²) < 4.78 is 35.0. The normalized spacial score (nSPS) is 17.8. The van der Waals surface area contributed by atoms with Crippen LogP contribution in [0.25, 0.3) is 0 Å². The number of aromatic nitrogens is 2. The number of rotatable bonds is 12. The molecule has 10 nitrogen and oxygen atoms in total. The number of likely N-dealkylation sites (N-methyl/N-ethyl adjacent to an activating group) is 1. The molecule has 0 radical (unpaired) electrons. The van der Waals surface area contributed by atoms with Gasteiger partial charge < -0.3 is 29.7 Å². The molecular formula is C34H44F2N6O4. The van der Waals surface area contributed by atoms with Gasteiger partial charge in [0, 0.05) is 32.8 Å². The highest BCUT2D eigenvalue weighted by Crippen LogP contribution is 2.29. The van der Waals surface area contributed by atoms with Crippen molar-refractivity contribution in [1.82, 2.24) is 30.0 Å². The largest absolute Gasteiger partial charge is 0.489 e. The molecule has 0 aliphatic carbocycles. The lowest BCUT2D eigenvalue weighted by Crippen LogP contribution is -2.59. The van der Waals surface area contributed by atoms with E-state index in [0.29, 0.717) is 25.1 Å². The van der Waals surface area contributed by atoms with E-state index < -0.39 is 35.5 Å². The lowest BCUT2D eigenvalue weighted by Gasteiger charge is -2.37. The predicted octanol–water partition coefficient (Wildman–Crippen LogP) is 3.57. The molecule has 1 fully saturated rings. The molecule has 1 saturated heterocycles. The summed E-state index contributed by atoms with van der Waals surface area (Å²) in [5.74, 6) is -1.18. The van der Waals surface area contributed by atoms with Crippen LogP contribution in [0.5, 0.6) is 5.75 Å². The Morgan fingerprint density at radius 3 is 2.26 bits per heavy atom. The van der Waals surface area contributed by atoms with Crippen LogP contribution in [-0.2, 0) is 23.1 Å². The molecule has 4 atom stereocenters. The van der Waals surface area contributed by atoms with Crippen LogP contribution in [0.15, 0.2) is 61.1 Å². The molecule has 0 bridgehead atoms. The Morgan fingerprint density at radius 1 is 1.07 bits per heavy atom. The van der Waals surface area contributed by atoms with Crippen molar-refractivity contribution in [1.29, 1.82) is 0 Å². The molecule has 1 aliphatic rings. The second-order valence-corrected chi connectivity index (χ2v) is 12.9. The summed E-state index contributed by atoms with van der Waals surface area (Å²) in [4.78, 5) is 48.7. The summed E-state index contributed by atoms with van der Waals surface area (Å²) in [5, 5.41) is 5.84. The van der Waals surface area contributed by atoms with Crippen molar-refractivity contribution in [3.8, 4) is 5.75 Å². The number of hydrogen-bond donors (Lipinski definition) is 2. The zero-order valence-electron chi connectivity index (χ0n) is 27.3. The number of hydrogen-bond acceptors (Lipinski definition) is 6. The van der Waals surface area contributed by atoms with Crippen LogP contribution in [-0.4, -0.2) is 88.0 Å². The first kappa shape index (κ1) is 34.6. The average molecular weight is 639 g/mol. The first-order valence-electron chi connectivity index (χ1n) is 15.5. The summed E-state index contributed by atoms with van der Waals surface area (Å²) in [5.41, 5.74) is 0.482. The van der Waals surface area contributed by atoms with Crippen LogP contribution in [0, 0.1) is 17.0 Å². The molecule has 4 rings (SSSR count). The molecule has 2 aromatic carbocycles. The van der Waals surface area contributed by atoms with Gasteiger partial charge in [0.2, 0.25) is 11.8 Å². The third kappa shape index (κ3) is 8.90. The smallest absolute Gasteiger partial charge is 0.274 e. The van der Waals surface area contributed by atoms with Crippen molar-refractivity contribution < 1.29 is 27.9 Å². The molecule has 1 aromatic heterocycles. The third-order valence-electron chi connectivity index (χ3n) is 8.23. The molecule has 1 aliphatic heterocycles. The van der Waals surface area contributed by atoms with Crippen molar-refractivity contribution in [2.45, 2.75) is 64.8 Å². The molecule has 0 saturated carbocycles. The van der Waals surface area contributed by atoms with E-state index in [1.807, 2.05) is 20.8 Å². The van der Waals surface area contributed by atoms with Crippen LogP contribution in [0.2, 0.25) is 0 Å². The van der Waals surface area contributed by atoms with E-state index in [0.717, 1.165) is 5.56 Å². The van der Waals surface area contributed by atoms with E-state index in [1.54, 1.807) is 60.0 Å². The summed E-state index contributed by atoms with van der Waals surface area (Å²) in [6.07, 6.45) is 3.59. The molecule has 12 heteroatoms. The minimum absolute atomic E-state index is 0.170. The SMILES string of the molecule is CN[C@@H](C)C(=O)N[C@H](C(=O)N1C[C@@H](Oc2ccc(F)cc2)C[C@H]1CN(CCc1ccc(F)cc1)C(=O)c1cn(C)cn1)C(C)(C)C. The van der Waals surface area contributed by atoms with Gasteiger partial charge in [0.25, 0.3) is 5.91 Å². The predicted molar refractivity (Wildman–Crippen MR) is 170 cm³/mol. The zero-order valence-corrected chi connectivity index (χ0v) is 27.3. The van der Waals surface area contributed by atoms with Gasteiger partial charge in [-0.3, -0.25) is 14.4 Å². The number of amides is 3. The van der Waals surface area contributed by atoms with Gasteiger partial charge in [0.05, 0.1) is 25.0 Å². The fraction of sp³-hybridized carbons (Fsp3) is 0.471. The number of aryl methyl sites for hydroxylation is 1. The molecular weight excluding hydrogens is 594 g/mol. The quantitative estimate of drug-likeness (QED) is 0.314. The number of imidazole rings is 1. The molecule has 0 spiro atoms. The van der Waals surface area contributed by atoms with E-state index in [4.69, 9.17) is 4.74 Å². The molecule has 3 aromatic rings. The number of carbonyl (C=O) groups is 3. The van der Waals surface area contributed by atoms with E-state index >= 15 is 0 Å². The highest BCUT2D eigenvalue weighted by Gasteiger charge is 2.44. The van der Waals surface area contributed by atoms with E-state index in [2.05, 4.69) is 15.6 Å². The minimum atomic E-state index is -0.859. The number of halogens is 2. The molecule has 0 unspecified atom stereocenters. The van der Waals surface area contributed by atoms with Gasteiger partial charge in [0.1, 0.15) is 35.2 Å². The van der Waals surface area contributed by atoms with E-state index in [-0.39, 0.29) is 42.3 Å². The molecule has 3 amide bonds. The van der Waals surface area contributed by atoms with Crippen LogP contribution in [0.4, 0.5) is 8.78 Å². The topological polar surface area (TPSA) is 109 Å². The van der Waals surface area contributed by atoms with Crippen molar-refractivity contribution >= 4 is 17.7 Å². The van der Waals surface area contributed by atoms with Crippen molar-refractivity contribution in [2.75, 3.05) is 26.7 Å². The first-order chi connectivity index (χ1) is 21.7. The Bertz CT molecular complexity index is 1490. The third-order valence-corrected chi connectivity index (χ3v) is 8.23. The van der Waals surface area contributed by atoms with Gasteiger partial charge in [-0.25, -0.2) is 13.8 Å². The summed E-state index contributed by atoms with van der Waals surface area (Å²) >= 11 is 0. The van der Waals surface area contributed by atoms with E-state index in [1.165, 1.54) is 36.4 Å². The Kier molecular flexibility index (Phi) is 11.2. The van der Waals surface area contributed by atoms with Crippen LogP contribution in [0.1, 0.15) is 50.2 Å². The maximum atomic E-state index is 14.4. The maximum Gasteiger partial charge on any atom is 0.274 e. The first-order valence-corrected chi connectivity index (χ1v) is 15.5. The molecule has 2 N–H and O–H groups in total. The average Bonchev–Trinajstić information content (AvgIpc) is 3.63. The van der Waals surface area contributed by atoms with Crippen molar-refractivity contribution in [3.63, 3.8) is 0 Å². The van der Waals surface area contributed by atoms with Gasteiger partial charge in [-0.2, -0.15) is 0 Å². The monoisotopic (exact) mass is 638 g/mol. The fourth-order valence-corrected chi connectivity index (χ4v) is 5.45. The molecule has 2 heterocycles. The standard InChI is InChI=1S/C34H44F2N6O4/c1-22(37-5)31(43)39-30(34(2,3)4)33(45)42-19-28(46-27-13-11-25(36)12-14-27)17-26(42)18-41(32(44)29-20-40(6)21-38-29)16-15-23-7-9-24(35)10-8-23/h7-14,20-22,26,28,30,37H,15-19H2,1-6H3,(H,39,43)/t22-,26-,28-,30+/m0/s1. The number of nitrogens with zero attached hydrogens (tertiary/aromatic N) is 4. The lowest BCUT2D eigenvalue weighted by molar-refractivity contribution is -0.141. The summed E-state index contributed by atoms with van der Waals surface area (Å²) in [7, 11) is 3.45. The van der Waals surface area contributed by atoms with Gasteiger partial charge in [-0.1, -0.05) is 32.9 Å². The Labute approximate surface area is 269 Å². The second-order valence-electron chi connectivity index (χ2n) is 12.9. The van der Waals surface area contributed by atoms with E-state index in [9.17, 15) is 23.2 Å². The highest BCUT2D eigenvalue weighted by molar-refractivity contribution is 5.92. The minimum Gasteiger partial charge on any atom is -0.489 e. The number of carbonyl (C=O) groups excluding carboxylic acids is 3. The lowest BCUT2D eigenvalue weighted by atomic mass is 9.85. The summed E-state index contributed by atoms with van der Waals surface area (Å²) in [6, 6.07) is 9.96. The second kappa shape index (κ2) is 14.8.